The Morgan fingerprint density at radius 3 is 2.73 bits per heavy atom. The molecule has 0 N–H and O–H groups in total. The number of aryl methyl sites for hydroxylation is 1. The molecule has 0 atom stereocenters. The molecule has 2 aromatic rings. The van der Waals surface area contributed by atoms with E-state index in [0.717, 1.165) is 17.1 Å². The van der Waals surface area contributed by atoms with E-state index in [9.17, 15) is 0 Å². The Labute approximate surface area is 97.1 Å². The molecule has 0 amide bonds. The summed E-state index contributed by atoms with van der Waals surface area (Å²) in [6, 6.07) is 3.81. The fourth-order valence-electron chi connectivity index (χ4n) is 1.25. The number of hydrogen-bond acceptors (Lipinski definition) is 3. The monoisotopic (exact) mass is 242 g/mol. The van der Waals surface area contributed by atoms with Crippen molar-refractivity contribution in [2.75, 3.05) is 0 Å². The van der Waals surface area contributed by atoms with E-state index >= 15 is 0 Å². The number of aromatic nitrogens is 2. The van der Waals surface area contributed by atoms with Crippen LogP contribution < -0.4 is 0 Å². The third kappa shape index (κ3) is 2.49. The molecule has 0 fully saturated rings. The first-order chi connectivity index (χ1) is 7.15. The van der Waals surface area contributed by atoms with Gasteiger partial charge in [0.05, 0.1) is 0 Å². The van der Waals surface area contributed by atoms with Gasteiger partial charge in [-0.3, -0.25) is 0 Å². The summed E-state index contributed by atoms with van der Waals surface area (Å²) in [5.41, 5.74) is 0.801. The average molecular weight is 243 g/mol. The van der Waals surface area contributed by atoms with Gasteiger partial charge >= 0.3 is 0 Å². The highest BCUT2D eigenvalue weighted by Gasteiger charge is 2.07. The number of hydrogen-bond donors (Lipinski definition) is 0. The molecule has 0 saturated carbocycles. The van der Waals surface area contributed by atoms with Gasteiger partial charge in [-0.05, 0) is 30.7 Å². The normalized spacial score (nSPS) is 10.6. The number of nitrogens with zero attached hydrogens (tertiary/aromatic N) is 2. The molecule has 0 unspecified atom stereocenters. The summed E-state index contributed by atoms with van der Waals surface area (Å²) in [6.45, 7) is 1.89. The van der Waals surface area contributed by atoms with Gasteiger partial charge in [0.15, 0.2) is 0 Å². The standard InChI is InChI=1S/C10H8Cl2N2O/c1-6-2-3-8(15-6)4-7-5-13-10(12)14-9(7)11/h2-3,5H,4H2,1H3. The zero-order valence-corrected chi connectivity index (χ0v) is 9.51. The van der Waals surface area contributed by atoms with Crippen LogP contribution in [-0.2, 0) is 6.42 Å². The molecule has 15 heavy (non-hydrogen) atoms. The number of halogens is 2. The van der Waals surface area contributed by atoms with Crippen LogP contribution in [0.5, 0.6) is 0 Å². The smallest absolute Gasteiger partial charge is 0.223 e. The first-order valence-corrected chi connectivity index (χ1v) is 5.13. The van der Waals surface area contributed by atoms with Crippen molar-refractivity contribution in [3.8, 4) is 0 Å². The van der Waals surface area contributed by atoms with Crippen LogP contribution in [0.2, 0.25) is 10.4 Å². The van der Waals surface area contributed by atoms with Crippen LogP contribution in [0.4, 0.5) is 0 Å². The van der Waals surface area contributed by atoms with E-state index in [1.807, 2.05) is 19.1 Å². The predicted molar refractivity (Wildman–Crippen MR) is 58.3 cm³/mol. The molecule has 0 aromatic carbocycles. The number of rotatable bonds is 2. The summed E-state index contributed by atoms with van der Waals surface area (Å²) in [4.78, 5) is 7.73. The van der Waals surface area contributed by atoms with E-state index in [-0.39, 0.29) is 5.28 Å². The quantitative estimate of drug-likeness (QED) is 0.600. The third-order valence-corrected chi connectivity index (χ3v) is 2.45. The van der Waals surface area contributed by atoms with Gasteiger partial charge in [0.25, 0.3) is 0 Å². The maximum absolute atomic E-state index is 5.91. The summed E-state index contributed by atoms with van der Waals surface area (Å²) in [6.07, 6.45) is 2.18. The van der Waals surface area contributed by atoms with Crippen molar-refractivity contribution >= 4 is 23.2 Å². The zero-order chi connectivity index (χ0) is 10.8. The largest absolute Gasteiger partial charge is 0.466 e. The van der Waals surface area contributed by atoms with Gasteiger partial charge in [0.1, 0.15) is 16.7 Å². The van der Waals surface area contributed by atoms with Crippen molar-refractivity contribution < 1.29 is 4.42 Å². The molecular formula is C10H8Cl2N2O. The minimum Gasteiger partial charge on any atom is -0.466 e. The molecule has 5 heteroatoms. The minimum absolute atomic E-state index is 0.152. The highest BCUT2D eigenvalue weighted by molar-refractivity contribution is 6.32. The van der Waals surface area contributed by atoms with Crippen molar-refractivity contribution in [2.24, 2.45) is 0 Å². The molecule has 78 valence electrons. The Morgan fingerprint density at radius 1 is 1.33 bits per heavy atom. The van der Waals surface area contributed by atoms with Crippen LogP contribution in [0.3, 0.4) is 0 Å². The highest BCUT2D eigenvalue weighted by Crippen LogP contribution is 2.19. The van der Waals surface area contributed by atoms with Crippen LogP contribution in [0.1, 0.15) is 17.1 Å². The second-order valence-electron chi connectivity index (χ2n) is 3.14. The predicted octanol–water partition coefficient (Wildman–Crippen LogP) is 3.28. The van der Waals surface area contributed by atoms with Crippen molar-refractivity contribution in [3.05, 3.63) is 45.9 Å². The zero-order valence-electron chi connectivity index (χ0n) is 8.00. The van der Waals surface area contributed by atoms with Crippen LogP contribution >= 0.6 is 23.2 Å². The Bertz CT molecular complexity index is 482. The summed E-state index contributed by atoms with van der Waals surface area (Å²) < 4.78 is 5.43. The molecule has 0 bridgehead atoms. The van der Waals surface area contributed by atoms with E-state index in [1.165, 1.54) is 0 Å². The van der Waals surface area contributed by atoms with Gasteiger partial charge < -0.3 is 4.42 Å². The Hall–Kier alpha value is -1.06. The van der Waals surface area contributed by atoms with E-state index in [2.05, 4.69) is 9.97 Å². The molecule has 0 aliphatic heterocycles. The lowest BCUT2D eigenvalue weighted by Gasteiger charge is -2.00. The van der Waals surface area contributed by atoms with E-state index in [0.29, 0.717) is 11.6 Å². The molecule has 0 saturated heterocycles. The molecular weight excluding hydrogens is 235 g/mol. The Kier molecular flexibility index (Phi) is 2.93. The van der Waals surface area contributed by atoms with Crippen LogP contribution in [-0.4, -0.2) is 9.97 Å². The van der Waals surface area contributed by atoms with Crippen molar-refractivity contribution in [3.63, 3.8) is 0 Å². The SMILES string of the molecule is Cc1ccc(Cc2cnc(Cl)nc2Cl)o1. The molecule has 2 rings (SSSR count). The first kappa shape index (κ1) is 10.5. The van der Waals surface area contributed by atoms with Crippen LogP contribution in [0, 0.1) is 6.92 Å². The lowest BCUT2D eigenvalue weighted by Crippen LogP contribution is -1.92. The van der Waals surface area contributed by atoms with E-state index in [4.69, 9.17) is 27.6 Å². The van der Waals surface area contributed by atoms with E-state index in [1.54, 1.807) is 6.20 Å². The van der Waals surface area contributed by atoms with Gasteiger partial charge in [0, 0.05) is 18.2 Å². The molecule has 2 aromatic heterocycles. The fraction of sp³-hybridized carbons (Fsp3) is 0.200. The number of furan rings is 1. The Morgan fingerprint density at radius 2 is 2.13 bits per heavy atom. The van der Waals surface area contributed by atoms with Gasteiger partial charge in [-0.1, -0.05) is 11.6 Å². The van der Waals surface area contributed by atoms with Crippen molar-refractivity contribution in [1.29, 1.82) is 0 Å². The second-order valence-corrected chi connectivity index (χ2v) is 3.84. The van der Waals surface area contributed by atoms with Gasteiger partial charge in [-0.25, -0.2) is 9.97 Å². The fourth-order valence-corrected chi connectivity index (χ4v) is 1.62. The molecule has 3 nitrogen and oxygen atoms in total. The lowest BCUT2D eigenvalue weighted by atomic mass is 10.2. The van der Waals surface area contributed by atoms with Crippen LogP contribution in [0.15, 0.2) is 22.7 Å². The summed E-state index contributed by atoms with van der Waals surface area (Å²) in [7, 11) is 0. The maximum atomic E-state index is 5.91. The van der Waals surface area contributed by atoms with Crippen molar-refractivity contribution in [1.82, 2.24) is 9.97 Å². The first-order valence-electron chi connectivity index (χ1n) is 4.37. The highest BCUT2D eigenvalue weighted by atomic mass is 35.5. The van der Waals surface area contributed by atoms with Gasteiger partial charge in [-0.15, -0.1) is 0 Å². The third-order valence-electron chi connectivity index (χ3n) is 1.94. The summed E-state index contributed by atoms with van der Waals surface area (Å²) in [5.74, 6) is 1.70. The van der Waals surface area contributed by atoms with Gasteiger partial charge in [0.2, 0.25) is 5.28 Å². The molecule has 0 aliphatic carbocycles. The van der Waals surface area contributed by atoms with Crippen LogP contribution in [0.25, 0.3) is 0 Å². The molecule has 0 radical (unpaired) electrons. The maximum Gasteiger partial charge on any atom is 0.223 e. The summed E-state index contributed by atoms with van der Waals surface area (Å²) in [5, 5.41) is 0.517. The Balaban J connectivity index is 2.24. The second kappa shape index (κ2) is 4.21. The summed E-state index contributed by atoms with van der Waals surface area (Å²) >= 11 is 11.5. The topological polar surface area (TPSA) is 38.9 Å². The molecule has 0 spiro atoms. The van der Waals surface area contributed by atoms with Gasteiger partial charge in [-0.2, -0.15) is 0 Å². The minimum atomic E-state index is 0.152. The average Bonchev–Trinajstić information content (AvgIpc) is 2.56. The molecule has 0 aliphatic rings. The molecule has 2 heterocycles. The lowest BCUT2D eigenvalue weighted by molar-refractivity contribution is 0.492. The van der Waals surface area contributed by atoms with E-state index < -0.39 is 0 Å². The van der Waals surface area contributed by atoms with Crippen molar-refractivity contribution in [2.45, 2.75) is 13.3 Å².